The standard InChI is InChI=1S/C15H23ClN2S/c1-10(17)8-13-9-14(16)4-5-15(13)18-6-7-19-12(3)11(18)2/h4-5,9-12H,6-8,17H2,1-3H3. The van der Waals surface area contributed by atoms with Crippen LogP contribution in [0.5, 0.6) is 0 Å². The third-order valence-electron chi connectivity index (χ3n) is 3.78. The monoisotopic (exact) mass is 298 g/mol. The molecule has 2 rings (SSSR count). The summed E-state index contributed by atoms with van der Waals surface area (Å²) in [5.74, 6) is 1.19. The average molecular weight is 299 g/mol. The molecular formula is C15H23ClN2S. The summed E-state index contributed by atoms with van der Waals surface area (Å²) in [7, 11) is 0. The number of anilines is 1. The molecule has 0 aromatic heterocycles. The summed E-state index contributed by atoms with van der Waals surface area (Å²) in [4.78, 5) is 2.51. The largest absolute Gasteiger partial charge is 0.367 e. The zero-order chi connectivity index (χ0) is 14.0. The lowest BCUT2D eigenvalue weighted by Crippen LogP contribution is -2.45. The van der Waals surface area contributed by atoms with E-state index in [2.05, 4.69) is 42.6 Å². The van der Waals surface area contributed by atoms with Gasteiger partial charge in [-0.05, 0) is 44.0 Å². The molecule has 1 aliphatic heterocycles. The third kappa shape index (κ3) is 3.59. The number of halogens is 1. The maximum Gasteiger partial charge on any atom is 0.0410 e. The van der Waals surface area contributed by atoms with Crippen molar-refractivity contribution in [3.63, 3.8) is 0 Å². The highest BCUT2D eigenvalue weighted by Gasteiger charge is 2.26. The quantitative estimate of drug-likeness (QED) is 0.925. The van der Waals surface area contributed by atoms with Crippen LogP contribution in [0.15, 0.2) is 18.2 Å². The van der Waals surface area contributed by atoms with Crippen LogP contribution in [0.2, 0.25) is 5.02 Å². The fraction of sp³-hybridized carbons (Fsp3) is 0.600. The van der Waals surface area contributed by atoms with Gasteiger partial charge in [-0.25, -0.2) is 0 Å². The van der Waals surface area contributed by atoms with E-state index in [1.54, 1.807) is 0 Å². The van der Waals surface area contributed by atoms with E-state index < -0.39 is 0 Å². The van der Waals surface area contributed by atoms with E-state index in [9.17, 15) is 0 Å². The molecule has 1 aliphatic rings. The highest BCUT2D eigenvalue weighted by atomic mass is 35.5. The van der Waals surface area contributed by atoms with Crippen LogP contribution in [-0.2, 0) is 6.42 Å². The Balaban J connectivity index is 2.32. The number of hydrogen-bond acceptors (Lipinski definition) is 3. The Morgan fingerprint density at radius 1 is 1.47 bits per heavy atom. The van der Waals surface area contributed by atoms with Crippen LogP contribution < -0.4 is 10.6 Å². The van der Waals surface area contributed by atoms with Crippen LogP contribution >= 0.6 is 23.4 Å². The topological polar surface area (TPSA) is 29.3 Å². The van der Waals surface area contributed by atoms with Gasteiger partial charge in [0.2, 0.25) is 0 Å². The van der Waals surface area contributed by atoms with E-state index in [1.165, 1.54) is 17.0 Å². The lowest BCUT2D eigenvalue weighted by Gasteiger charge is -2.40. The van der Waals surface area contributed by atoms with Crippen molar-refractivity contribution in [2.24, 2.45) is 5.73 Å². The van der Waals surface area contributed by atoms with Gasteiger partial charge >= 0.3 is 0 Å². The smallest absolute Gasteiger partial charge is 0.0410 e. The highest BCUT2D eigenvalue weighted by Crippen LogP contribution is 2.33. The molecule has 2 N–H and O–H groups in total. The SMILES string of the molecule is CC(N)Cc1cc(Cl)ccc1N1CCSC(C)C1C. The van der Waals surface area contributed by atoms with Gasteiger partial charge in [0, 0.05) is 40.3 Å². The summed E-state index contributed by atoms with van der Waals surface area (Å²) < 4.78 is 0. The van der Waals surface area contributed by atoms with Crippen molar-refractivity contribution in [1.29, 1.82) is 0 Å². The van der Waals surface area contributed by atoms with Gasteiger partial charge in [0.05, 0.1) is 0 Å². The second-order valence-corrected chi connectivity index (χ2v) is 7.39. The van der Waals surface area contributed by atoms with Crippen LogP contribution in [0.3, 0.4) is 0 Å². The molecule has 1 saturated heterocycles. The lowest BCUT2D eigenvalue weighted by atomic mass is 10.0. The zero-order valence-electron chi connectivity index (χ0n) is 11.9. The number of thioether (sulfide) groups is 1. The number of benzene rings is 1. The lowest BCUT2D eigenvalue weighted by molar-refractivity contribution is 0.622. The second-order valence-electron chi connectivity index (χ2n) is 5.46. The molecule has 0 bridgehead atoms. The molecule has 19 heavy (non-hydrogen) atoms. The minimum absolute atomic E-state index is 0.157. The Labute approximate surface area is 125 Å². The molecule has 0 radical (unpaired) electrons. The van der Waals surface area contributed by atoms with E-state index in [0.717, 1.165) is 18.0 Å². The van der Waals surface area contributed by atoms with Crippen molar-refractivity contribution in [2.75, 3.05) is 17.2 Å². The van der Waals surface area contributed by atoms with Crippen molar-refractivity contribution in [3.05, 3.63) is 28.8 Å². The first-order valence-electron chi connectivity index (χ1n) is 6.91. The molecule has 2 nitrogen and oxygen atoms in total. The predicted octanol–water partition coefficient (Wildman–Crippen LogP) is 3.56. The molecule has 3 unspecified atom stereocenters. The summed E-state index contributed by atoms with van der Waals surface area (Å²) in [6, 6.07) is 6.91. The van der Waals surface area contributed by atoms with E-state index >= 15 is 0 Å². The number of nitrogens with two attached hydrogens (primary N) is 1. The summed E-state index contributed by atoms with van der Waals surface area (Å²) >= 11 is 8.20. The maximum atomic E-state index is 6.14. The Kier molecular flexibility index (Phi) is 5.04. The Hall–Kier alpha value is -0.380. The van der Waals surface area contributed by atoms with Crippen LogP contribution in [-0.4, -0.2) is 29.6 Å². The molecule has 0 saturated carbocycles. The molecule has 1 aromatic rings. The molecule has 4 heteroatoms. The van der Waals surface area contributed by atoms with Crippen molar-refractivity contribution >= 4 is 29.1 Å². The molecule has 0 spiro atoms. The molecule has 3 atom stereocenters. The van der Waals surface area contributed by atoms with Crippen molar-refractivity contribution in [1.82, 2.24) is 0 Å². The fourth-order valence-electron chi connectivity index (χ4n) is 2.62. The van der Waals surface area contributed by atoms with Gasteiger partial charge in [0.25, 0.3) is 0 Å². The average Bonchev–Trinajstić information content (AvgIpc) is 2.33. The molecule has 1 heterocycles. The second kappa shape index (κ2) is 6.38. The first kappa shape index (κ1) is 15.0. The van der Waals surface area contributed by atoms with Crippen molar-refractivity contribution < 1.29 is 0 Å². The van der Waals surface area contributed by atoms with Gasteiger partial charge in [-0.2, -0.15) is 11.8 Å². The number of rotatable bonds is 3. The Bertz CT molecular complexity index is 436. The van der Waals surface area contributed by atoms with Crippen molar-refractivity contribution in [3.8, 4) is 0 Å². The Morgan fingerprint density at radius 2 is 2.21 bits per heavy atom. The van der Waals surface area contributed by atoms with Gasteiger partial charge in [-0.15, -0.1) is 0 Å². The third-order valence-corrected chi connectivity index (χ3v) is 5.35. The summed E-state index contributed by atoms with van der Waals surface area (Å²) in [5.41, 5.74) is 8.55. The van der Waals surface area contributed by atoms with E-state index in [1.807, 2.05) is 13.0 Å². The number of hydrogen-bond donors (Lipinski definition) is 1. The predicted molar refractivity (Wildman–Crippen MR) is 87.5 cm³/mol. The van der Waals surface area contributed by atoms with E-state index in [4.69, 9.17) is 17.3 Å². The van der Waals surface area contributed by atoms with Crippen LogP contribution in [0.4, 0.5) is 5.69 Å². The maximum absolute atomic E-state index is 6.14. The summed E-state index contributed by atoms with van der Waals surface area (Å²) in [6.07, 6.45) is 0.876. The summed E-state index contributed by atoms with van der Waals surface area (Å²) in [6.45, 7) is 7.76. The molecule has 0 aliphatic carbocycles. The Morgan fingerprint density at radius 3 is 2.89 bits per heavy atom. The number of nitrogens with zero attached hydrogens (tertiary/aromatic N) is 1. The van der Waals surface area contributed by atoms with Gasteiger partial charge in [0.1, 0.15) is 0 Å². The summed E-state index contributed by atoms with van der Waals surface area (Å²) in [5, 5.41) is 1.46. The minimum atomic E-state index is 0.157. The first-order valence-corrected chi connectivity index (χ1v) is 8.34. The molecule has 1 fully saturated rings. The molecular weight excluding hydrogens is 276 g/mol. The van der Waals surface area contributed by atoms with Crippen molar-refractivity contribution in [2.45, 2.75) is 44.5 Å². The van der Waals surface area contributed by atoms with Gasteiger partial charge < -0.3 is 10.6 Å². The normalized spacial score (nSPS) is 25.4. The molecule has 106 valence electrons. The van der Waals surface area contributed by atoms with Gasteiger partial charge in [-0.1, -0.05) is 18.5 Å². The van der Waals surface area contributed by atoms with Gasteiger partial charge in [-0.3, -0.25) is 0 Å². The minimum Gasteiger partial charge on any atom is -0.367 e. The van der Waals surface area contributed by atoms with E-state index in [-0.39, 0.29) is 6.04 Å². The first-order chi connectivity index (χ1) is 8.99. The van der Waals surface area contributed by atoms with Crippen LogP contribution in [0.1, 0.15) is 26.3 Å². The molecule has 1 aromatic carbocycles. The van der Waals surface area contributed by atoms with Crippen LogP contribution in [0.25, 0.3) is 0 Å². The van der Waals surface area contributed by atoms with E-state index in [0.29, 0.717) is 11.3 Å². The van der Waals surface area contributed by atoms with Crippen LogP contribution in [0, 0.1) is 0 Å². The highest BCUT2D eigenvalue weighted by molar-refractivity contribution is 8.00. The van der Waals surface area contributed by atoms with Gasteiger partial charge in [0.15, 0.2) is 0 Å². The molecule has 0 amide bonds. The zero-order valence-corrected chi connectivity index (χ0v) is 13.5. The fourth-order valence-corrected chi connectivity index (χ4v) is 3.91.